The summed E-state index contributed by atoms with van der Waals surface area (Å²) >= 11 is 0. The number of hydrogen-bond acceptors (Lipinski definition) is 2. The molecule has 0 bridgehead atoms. The smallest absolute Gasteiger partial charge is 0.159 e. The third-order valence-corrected chi connectivity index (χ3v) is 4.46. The first-order chi connectivity index (χ1) is 10.1. The van der Waals surface area contributed by atoms with Crippen LogP contribution in [0.15, 0.2) is 18.2 Å². The van der Waals surface area contributed by atoms with Crippen molar-refractivity contribution in [2.75, 3.05) is 19.6 Å². The molecule has 4 heteroatoms. The molecule has 0 aromatic heterocycles. The van der Waals surface area contributed by atoms with E-state index in [4.69, 9.17) is 5.73 Å². The van der Waals surface area contributed by atoms with Gasteiger partial charge in [-0.25, -0.2) is 8.78 Å². The third-order valence-electron chi connectivity index (χ3n) is 4.46. The maximum absolute atomic E-state index is 13.3. The Morgan fingerprint density at radius 1 is 1.24 bits per heavy atom. The van der Waals surface area contributed by atoms with Crippen LogP contribution < -0.4 is 5.73 Å². The molecule has 1 fully saturated rings. The summed E-state index contributed by atoms with van der Waals surface area (Å²) in [6.07, 6.45) is 6.28. The highest BCUT2D eigenvalue weighted by atomic mass is 19.2. The van der Waals surface area contributed by atoms with Crippen LogP contribution in [0, 0.1) is 17.6 Å². The molecule has 0 aliphatic carbocycles. The lowest BCUT2D eigenvalue weighted by atomic mass is 9.96. The van der Waals surface area contributed by atoms with Crippen molar-refractivity contribution in [2.45, 2.75) is 45.1 Å². The van der Waals surface area contributed by atoms with Crippen molar-refractivity contribution in [3.8, 4) is 0 Å². The quantitative estimate of drug-likeness (QED) is 0.894. The van der Waals surface area contributed by atoms with Crippen LogP contribution in [0.4, 0.5) is 8.78 Å². The summed E-state index contributed by atoms with van der Waals surface area (Å²) in [4.78, 5) is 2.36. The highest BCUT2D eigenvalue weighted by molar-refractivity contribution is 5.21. The van der Waals surface area contributed by atoms with Gasteiger partial charge in [0.05, 0.1) is 0 Å². The summed E-state index contributed by atoms with van der Waals surface area (Å²) in [6, 6.07) is 3.70. The van der Waals surface area contributed by atoms with Gasteiger partial charge in [-0.3, -0.25) is 0 Å². The van der Waals surface area contributed by atoms with Crippen molar-refractivity contribution < 1.29 is 8.78 Å². The average molecular weight is 296 g/mol. The van der Waals surface area contributed by atoms with E-state index in [2.05, 4.69) is 11.8 Å². The van der Waals surface area contributed by atoms with Crippen molar-refractivity contribution in [3.63, 3.8) is 0 Å². The van der Waals surface area contributed by atoms with Crippen molar-refractivity contribution in [1.82, 2.24) is 4.90 Å². The SMILES string of the molecule is CCCC1CCCN(CC(N)c2ccc(F)c(F)c2)CC1. The topological polar surface area (TPSA) is 29.3 Å². The van der Waals surface area contributed by atoms with Crippen LogP contribution in [-0.4, -0.2) is 24.5 Å². The van der Waals surface area contributed by atoms with Gasteiger partial charge in [0.2, 0.25) is 0 Å². The van der Waals surface area contributed by atoms with Crippen molar-refractivity contribution in [3.05, 3.63) is 35.4 Å². The van der Waals surface area contributed by atoms with Crippen LogP contribution in [0.5, 0.6) is 0 Å². The molecule has 1 aromatic rings. The summed E-state index contributed by atoms with van der Waals surface area (Å²) in [7, 11) is 0. The molecular formula is C17H26F2N2. The highest BCUT2D eigenvalue weighted by Gasteiger charge is 2.19. The molecule has 2 atom stereocenters. The second-order valence-corrected chi connectivity index (χ2v) is 6.17. The zero-order valence-electron chi connectivity index (χ0n) is 12.8. The highest BCUT2D eigenvalue weighted by Crippen LogP contribution is 2.23. The van der Waals surface area contributed by atoms with Crippen LogP contribution in [-0.2, 0) is 0 Å². The molecule has 1 heterocycles. The Morgan fingerprint density at radius 3 is 2.76 bits per heavy atom. The van der Waals surface area contributed by atoms with E-state index in [1.807, 2.05) is 0 Å². The first-order valence-corrected chi connectivity index (χ1v) is 8.03. The molecule has 1 saturated heterocycles. The fourth-order valence-electron chi connectivity index (χ4n) is 3.23. The lowest BCUT2D eigenvalue weighted by molar-refractivity contribution is 0.262. The Hall–Kier alpha value is -1.00. The van der Waals surface area contributed by atoms with Gasteiger partial charge < -0.3 is 10.6 Å². The van der Waals surface area contributed by atoms with E-state index in [1.165, 1.54) is 38.2 Å². The molecule has 2 nitrogen and oxygen atoms in total. The molecule has 2 N–H and O–H groups in total. The molecule has 0 amide bonds. The van der Waals surface area contributed by atoms with Crippen LogP contribution in [0.2, 0.25) is 0 Å². The minimum atomic E-state index is -0.818. The predicted octanol–water partition coefficient (Wildman–Crippen LogP) is 3.87. The van der Waals surface area contributed by atoms with E-state index in [0.29, 0.717) is 12.1 Å². The predicted molar refractivity (Wildman–Crippen MR) is 82.0 cm³/mol. The van der Waals surface area contributed by atoms with Gasteiger partial charge in [0.1, 0.15) is 0 Å². The van der Waals surface area contributed by atoms with E-state index in [-0.39, 0.29) is 6.04 Å². The van der Waals surface area contributed by atoms with Gasteiger partial charge in [-0.15, -0.1) is 0 Å². The van der Waals surface area contributed by atoms with Crippen LogP contribution in [0.3, 0.4) is 0 Å². The largest absolute Gasteiger partial charge is 0.323 e. The van der Waals surface area contributed by atoms with E-state index >= 15 is 0 Å². The standard InChI is InChI=1S/C17H26F2N2/c1-2-4-13-5-3-9-21(10-8-13)12-17(20)14-6-7-15(18)16(19)11-14/h6-7,11,13,17H,2-5,8-10,12,20H2,1H3. The maximum atomic E-state index is 13.3. The number of hydrogen-bond donors (Lipinski definition) is 1. The van der Waals surface area contributed by atoms with Crippen molar-refractivity contribution in [2.24, 2.45) is 11.7 Å². The Bertz CT molecular complexity index is 450. The molecule has 0 spiro atoms. The lowest BCUT2D eigenvalue weighted by Crippen LogP contribution is -2.33. The number of benzene rings is 1. The molecule has 21 heavy (non-hydrogen) atoms. The zero-order valence-corrected chi connectivity index (χ0v) is 12.8. The van der Waals surface area contributed by atoms with Gasteiger partial charge >= 0.3 is 0 Å². The average Bonchev–Trinajstić information content (AvgIpc) is 2.68. The van der Waals surface area contributed by atoms with E-state index < -0.39 is 11.6 Å². The Labute approximate surface area is 126 Å². The monoisotopic (exact) mass is 296 g/mol. The number of likely N-dealkylation sites (tertiary alicyclic amines) is 1. The van der Waals surface area contributed by atoms with Gasteiger partial charge in [0.15, 0.2) is 11.6 Å². The summed E-state index contributed by atoms with van der Waals surface area (Å²) in [6.45, 7) is 5.06. The second-order valence-electron chi connectivity index (χ2n) is 6.17. The first kappa shape index (κ1) is 16.4. The summed E-state index contributed by atoms with van der Waals surface area (Å²) in [5, 5.41) is 0. The van der Waals surface area contributed by atoms with Gasteiger partial charge in [-0.05, 0) is 56.0 Å². The van der Waals surface area contributed by atoms with Crippen molar-refractivity contribution in [1.29, 1.82) is 0 Å². The van der Waals surface area contributed by atoms with E-state index in [0.717, 1.165) is 25.1 Å². The fraction of sp³-hybridized carbons (Fsp3) is 0.647. The lowest BCUT2D eigenvalue weighted by Gasteiger charge is -2.24. The summed E-state index contributed by atoms with van der Waals surface area (Å²) in [5.74, 6) is -0.801. The number of halogens is 2. The number of nitrogens with zero attached hydrogens (tertiary/aromatic N) is 1. The zero-order chi connectivity index (χ0) is 15.2. The molecule has 1 aliphatic heterocycles. The fourth-order valence-corrected chi connectivity index (χ4v) is 3.23. The van der Waals surface area contributed by atoms with Crippen LogP contribution >= 0.6 is 0 Å². The van der Waals surface area contributed by atoms with Gasteiger partial charge in [-0.2, -0.15) is 0 Å². The molecule has 1 aromatic carbocycles. The second kappa shape index (κ2) is 7.85. The molecule has 2 rings (SSSR count). The first-order valence-electron chi connectivity index (χ1n) is 8.03. The third kappa shape index (κ3) is 4.75. The molecule has 118 valence electrons. The molecule has 0 saturated carbocycles. The molecular weight excluding hydrogens is 270 g/mol. The normalized spacial score (nSPS) is 22.0. The summed E-state index contributed by atoms with van der Waals surface area (Å²) < 4.78 is 26.2. The summed E-state index contributed by atoms with van der Waals surface area (Å²) in [5.41, 5.74) is 6.83. The minimum absolute atomic E-state index is 0.261. The Balaban J connectivity index is 1.90. The molecule has 1 aliphatic rings. The van der Waals surface area contributed by atoms with Crippen LogP contribution in [0.25, 0.3) is 0 Å². The molecule has 0 radical (unpaired) electrons. The number of rotatable bonds is 5. The van der Waals surface area contributed by atoms with Crippen LogP contribution in [0.1, 0.15) is 50.6 Å². The van der Waals surface area contributed by atoms with Gasteiger partial charge in [0, 0.05) is 12.6 Å². The Morgan fingerprint density at radius 2 is 2.05 bits per heavy atom. The molecule has 2 unspecified atom stereocenters. The van der Waals surface area contributed by atoms with E-state index in [1.54, 1.807) is 6.07 Å². The maximum Gasteiger partial charge on any atom is 0.159 e. The number of nitrogens with two attached hydrogens (primary N) is 1. The Kier molecular flexibility index (Phi) is 6.12. The van der Waals surface area contributed by atoms with Crippen molar-refractivity contribution >= 4 is 0 Å². The van der Waals surface area contributed by atoms with Gasteiger partial charge in [0.25, 0.3) is 0 Å². The minimum Gasteiger partial charge on any atom is -0.323 e. The van der Waals surface area contributed by atoms with E-state index in [9.17, 15) is 8.78 Å². The van der Waals surface area contributed by atoms with Gasteiger partial charge in [-0.1, -0.05) is 25.8 Å².